The third-order valence-electron chi connectivity index (χ3n) is 1.59. The Kier molecular flexibility index (Phi) is 1.68. The first-order valence-electron chi connectivity index (χ1n) is 3.48. The quantitative estimate of drug-likeness (QED) is 0.551. The minimum absolute atomic E-state index is 1.13. The molecule has 1 aromatic rings. The van der Waals surface area contributed by atoms with Crippen LogP contribution in [0.3, 0.4) is 0 Å². The molecule has 0 fully saturated rings. The van der Waals surface area contributed by atoms with E-state index in [2.05, 4.69) is 36.2 Å². The van der Waals surface area contributed by atoms with E-state index in [-0.39, 0.29) is 0 Å². The van der Waals surface area contributed by atoms with Crippen LogP contribution in [0.25, 0.3) is 0 Å². The molecule has 1 rings (SSSR count). The number of hydrogen-bond donors (Lipinski definition) is 0. The van der Waals surface area contributed by atoms with Crippen molar-refractivity contribution < 1.29 is 0 Å². The molecule has 0 aliphatic carbocycles. The fourth-order valence-corrected chi connectivity index (χ4v) is 2.66. The van der Waals surface area contributed by atoms with Gasteiger partial charge in [-0.15, -0.1) is 0 Å². The van der Waals surface area contributed by atoms with Crippen molar-refractivity contribution in [3.05, 3.63) is 12.5 Å². The second-order valence-electron chi connectivity index (χ2n) is 3.64. The second-order valence-corrected chi connectivity index (χ2v) is 8.65. The lowest BCUT2D eigenvalue weighted by Crippen LogP contribution is -2.41. The molecular formula is C7H14N2Si. The van der Waals surface area contributed by atoms with Crippen molar-refractivity contribution >= 4 is 13.4 Å². The predicted octanol–water partition coefficient (Wildman–Crippen LogP) is 0.965. The van der Waals surface area contributed by atoms with Crippen molar-refractivity contribution in [2.75, 3.05) is 0 Å². The predicted molar refractivity (Wildman–Crippen MR) is 46.2 cm³/mol. The van der Waals surface area contributed by atoms with Crippen molar-refractivity contribution in [1.82, 2.24) is 9.55 Å². The average Bonchev–Trinajstić information content (AvgIpc) is 2.11. The molecule has 56 valence electrons. The number of rotatable bonds is 1. The maximum absolute atomic E-state index is 4.09. The van der Waals surface area contributed by atoms with Gasteiger partial charge in [-0.2, -0.15) is 0 Å². The van der Waals surface area contributed by atoms with Crippen LogP contribution in [0.5, 0.6) is 0 Å². The summed E-state index contributed by atoms with van der Waals surface area (Å²) in [5.41, 5.74) is 0. The summed E-state index contributed by atoms with van der Waals surface area (Å²) in [5.74, 6) is 0. The summed E-state index contributed by atoms with van der Waals surface area (Å²) in [5, 5.41) is 1.41. The van der Waals surface area contributed by atoms with Crippen LogP contribution in [0.15, 0.2) is 12.5 Å². The molecule has 10 heavy (non-hydrogen) atoms. The Bertz CT molecular complexity index is 222. The van der Waals surface area contributed by atoms with Crippen LogP contribution in [-0.2, 0) is 7.05 Å². The zero-order valence-corrected chi connectivity index (χ0v) is 8.05. The summed E-state index contributed by atoms with van der Waals surface area (Å²) < 4.78 is 2.12. The summed E-state index contributed by atoms with van der Waals surface area (Å²) in [6, 6.07) is 0. The van der Waals surface area contributed by atoms with Gasteiger partial charge in [-0.1, -0.05) is 19.6 Å². The van der Waals surface area contributed by atoms with Crippen molar-refractivity contribution in [3.8, 4) is 0 Å². The Morgan fingerprint density at radius 1 is 1.40 bits per heavy atom. The monoisotopic (exact) mass is 154 g/mol. The standard InChI is InChI=1S/C7H14N2Si/c1-9-6-8-5-7(9)10(2,3)4/h5-6H,1-4H3. The van der Waals surface area contributed by atoms with Crippen LogP contribution in [0, 0.1) is 0 Å². The zero-order chi connectivity index (χ0) is 7.78. The topological polar surface area (TPSA) is 17.8 Å². The van der Waals surface area contributed by atoms with Gasteiger partial charge in [0.1, 0.15) is 8.07 Å². The molecule has 0 aromatic carbocycles. The third kappa shape index (κ3) is 1.29. The molecule has 0 amide bonds. The molecule has 3 heteroatoms. The number of imidazole rings is 1. The Labute approximate surface area is 62.9 Å². The fourth-order valence-electron chi connectivity index (χ4n) is 1.08. The van der Waals surface area contributed by atoms with Gasteiger partial charge in [0.15, 0.2) is 0 Å². The normalized spacial score (nSPS) is 12.0. The molecule has 0 aliphatic rings. The Hall–Kier alpha value is -0.573. The van der Waals surface area contributed by atoms with Crippen molar-refractivity contribution in [2.24, 2.45) is 7.05 Å². The minimum Gasteiger partial charge on any atom is -0.342 e. The molecule has 0 bridgehead atoms. The molecule has 0 N–H and O–H groups in total. The van der Waals surface area contributed by atoms with E-state index in [9.17, 15) is 0 Å². The SMILES string of the molecule is Cn1cncc1[Si](C)(C)C. The van der Waals surface area contributed by atoms with Crippen LogP contribution in [0.4, 0.5) is 0 Å². The van der Waals surface area contributed by atoms with Gasteiger partial charge >= 0.3 is 0 Å². The molecule has 1 aromatic heterocycles. The first-order chi connectivity index (χ1) is 4.52. The lowest BCUT2D eigenvalue weighted by atomic mass is 10.9. The van der Waals surface area contributed by atoms with Gasteiger partial charge in [-0.25, -0.2) is 4.98 Å². The maximum atomic E-state index is 4.09. The highest BCUT2D eigenvalue weighted by atomic mass is 28.3. The number of aromatic nitrogens is 2. The van der Waals surface area contributed by atoms with Crippen LogP contribution < -0.4 is 5.32 Å². The van der Waals surface area contributed by atoms with Crippen LogP contribution in [0.1, 0.15) is 0 Å². The summed E-state index contributed by atoms with van der Waals surface area (Å²) in [6.07, 6.45) is 3.85. The lowest BCUT2D eigenvalue weighted by molar-refractivity contribution is 0.934. The molecule has 0 radical (unpaired) electrons. The number of nitrogens with zero attached hydrogens (tertiary/aromatic N) is 2. The first kappa shape index (κ1) is 7.53. The van der Waals surface area contributed by atoms with Gasteiger partial charge in [0.25, 0.3) is 0 Å². The molecule has 2 nitrogen and oxygen atoms in total. The number of aryl methyl sites for hydroxylation is 1. The fraction of sp³-hybridized carbons (Fsp3) is 0.571. The Morgan fingerprint density at radius 3 is 2.20 bits per heavy atom. The van der Waals surface area contributed by atoms with Gasteiger partial charge in [0.2, 0.25) is 0 Å². The highest BCUT2D eigenvalue weighted by Crippen LogP contribution is 1.99. The summed E-state index contributed by atoms with van der Waals surface area (Å²) in [6.45, 7) is 6.97. The Morgan fingerprint density at radius 2 is 2.00 bits per heavy atom. The van der Waals surface area contributed by atoms with E-state index in [0.717, 1.165) is 0 Å². The van der Waals surface area contributed by atoms with Gasteiger partial charge in [0.05, 0.1) is 6.33 Å². The highest BCUT2D eigenvalue weighted by molar-refractivity contribution is 6.88. The van der Waals surface area contributed by atoms with Crippen LogP contribution in [-0.4, -0.2) is 17.6 Å². The van der Waals surface area contributed by atoms with E-state index >= 15 is 0 Å². The summed E-state index contributed by atoms with van der Waals surface area (Å²) in [7, 11) is 0.931. The molecule has 0 saturated carbocycles. The molecule has 0 spiro atoms. The molecular weight excluding hydrogens is 140 g/mol. The lowest BCUT2D eigenvalue weighted by Gasteiger charge is -2.15. The largest absolute Gasteiger partial charge is 0.342 e. The van der Waals surface area contributed by atoms with Crippen molar-refractivity contribution in [2.45, 2.75) is 19.6 Å². The third-order valence-corrected chi connectivity index (χ3v) is 3.60. The van der Waals surface area contributed by atoms with Gasteiger partial charge in [-0.3, -0.25) is 0 Å². The van der Waals surface area contributed by atoms with E-state index in [1.54, 1.807) is 0 Å². The summed E-state index contributed by atoms with van der Waals surface area (Å²) in [4.78, 5) is 4.09. The molecule has 0 aliphatic heterocycles. The van der Waals surface area contributed by atoms with E-state index in [1.165, 1.54) is 5.32 Å². The number of hydrogen-bond acceptors (Lipinski definition) is 1. The minimum atomic E-state index is -1.13. The average molecular weight is 154 g/mol. The maximum Gasteiger partial charge on any atom is 0.101 e. The van der Waals surface area contributed by atoms with Crippen molar-refractivity contribution in [1.29, 1.82) is 0 Å². The Balaban J connectivity index is 3.05. The van der Waals surface area contributed by atoms with Gasteiger partial charge in [0, 0.05) is 18.6 Å². The first-order valence-corrected chi connectivity index (χ1v) is 6.98. The highest BCUT2D eigenvalue weighted by Gasteiger charge is 2.19. The second kappa shape index (κ2) is 2.23. The van der Waals surface area contributed by atoms with E-state index in [0.29, 0.717) is 0 Å². The molecule has 1 heterocycles. The van der Waals surface area contributed by atoms with Gasteiger partial charge in [-0.05, 0) is 0 Å². The molecule has 0 saturated heterocycles. The van der Waals surface area contributed by atoms with Gasteiger partial charge < -0.3 is 4.57 Å². The van der Waals surface area contributed by atoms with Crippen LogP contribution in [0.2, 0.25) is 19.6 Å². The van der Waals surface area contributed by atoms with E-state index < -0.39 is 8.07 Å². The smallest absolute Gasteiger partial charge is 0.101 e. The van der Waals surface area contributed by atoms with E-state index in [4.69, 9.17) is 0 Å². The van der Waals surface area contributed by atoms with Crippen LogP contribution >= 0.6 is 0 Å². The summed E-state index contributed by atoms with van der Waals surface area (Å²) >= 11 is 0. The van der Waals surface area contributed by atoms with Crippen molar-refractivity contribution in [3.63, 3.8) is 0 Å². The van der Waals surface area contributed by atoms with E-state index in [1.807, 2.05) is 12.5 Å². The zero-order valence-electron chi connectivity index (χ0n) is 7.05. The molecule has 0 unspecified atom stereocenters. The molecule has 0 atom stereocenters.